The van der Waals surface area contributed by atoms with Crippen molar-refractivity contribution in [1.82, 2.24) is 0 Å². The van der Waals surface area contributed by atoms with Crippen molar-refractivity contribution in [3.05, 3.63) is 53.6 Å². The number of aliphatic hydroxyl groups is 2. The van der Waals surface area contributed by atoms with Crippen molar-refractivity contribution in [1.29, 1.82) is 0 Å². The topological polar surface area (TPSA) is 150 Å². The molecule has 0 radical (unpaired) electrons. The number of aromatic hydroxyl groups is 2. The summed E-state index contributed by atoms with van der Waals surface area (Å²) in [7, 11) is -4.70. The first-order valence-electron chi connectivity index (χ1n) is 6.97. The van der Waals surface area contributed by atoms with Crippen LogP contribution in [0.3, 0.4) is 0 Å². The van der Waals surface area contributed by atoms with Gasteiger partial charge in [-0.15, -0.1) is 0 Å². The summed E-state index contributed by atoms with van der Waals surface area (Å²) in [4.78, 5) is 18.0. The third kappa shape index (κ3) is 4.95. The number of phenols is 2. The smallest absolute Gasteiger partial charge is 0.427 e. The van der Waals surface area contributed by atoms with Gasteiger partial charge in [0.25, 0.3) is 0 Å². The molecular weight excluding hydrogens is 337 g/mol. The van der Waals surface area contributed by atoms with E-state index in [1.54, 1.807) is 12.1 Å². The van der Waals surface area contributed by atoms with E-state index in [2.05, 4.69) is 0 Å². The average Bonchev–Trinajstić information content (AvgIpc) is 2.45. The molecule has 2 aromatic rings. The van der Waals surface area contributed by atoms with Crippen LogP contribution in [0, 0.1) is 0 Å². The Bertz CT molecular complexity index is 755. The number of benzene rings is 2. The predicted octanol–water partition coefficient (Wildman–Crippen LogP) is 1.37. The number of aryl methyl sites for hydroxylation is 1. The van der Waals surface area contributed by atoms with Crippen LogP contribution in [-0.2, 0) is 16.8 Å². The van der Waals surface area contributed by atoms with Crippen LogP contribution in [0.25, 0.3) is 0 Å². The van der Waals surface area contributed by atoms with E-state index in [0.29, 0.717) is 0 Å². The Labute approximate surface area is 137 Å². The lowest BCUT2D eigenvalue weighted by Gasteiger charge is -2.25. The number of hydrogen-bond donors (Lipinski definition) is 7. The second-order valence-corrected chi connectivity index (χ2v) is 6.68. The minimum atomic E-state index is -4.70. The van der Waals surface area contributed by atoms with Gasteiger partial charge in [0.15, 0.2) is 5.79 Å². The first kappa shape index (κ1) is 18.3. The van der Waals surface area contributed by atoms with Crippen LogP contribution in [0.5, 0.6) is 11.5 Å². The van der Waals surface area contributed by atoms with E-state index in [1.807, 2.05) is 5.09 Å². The monoisotopic (exact) mass is 355 g/mol. The van der Waals surface area contributed by atoms with Crippen LogP contribution in [0.2, 0.25) is 0 Å². The van der Waals surface area contributed by atoms with Crippen LogP contribution < -0.4 is 5.09 Å². The Morgan fingerprint density at radius 1 is 0.958 bits per heavy atom. The van der Waals surface area contributed by atoms with Crippen molar-refractivity contribution in [2.24, 2.45) is 0 Å². The van der Waals surface area contributed by atoms with Crippen molar-refractivity contribution in [2.45, 2.75) is 18.6 Å². The van der Waals surface area contributed by atoms with E-state index in [0.717, 1.165) is 11.6 Å². The molecule has 0 aromatic heterocycles. The third-order valence-electron chi connectivity index (χ3n) is 3.40. The fourth-order valence-corrected chi connectivity index (χ4v) is 2.75. The van der Waals surface area contributed by atoms with Crippen molar-refractivity contribution in [3.8, 4) is 11.5 Å². The second-order valence-electron chi connectivity index (χ2n) is 5.37. The van der Waals surface area contributed by atoms with Gasteiger partial charge in [-0.2, -0.15) is 0 Å². The van der Waals surface area contributed by atoms with Gasteiger partial charge in [0.2, 0.25) is 0 Å². The molecule has 8 nitrogen and oxygen atoms in total. The molecule has 2 rings (SSSR count). The lowest BCUT2D eigenvalue weighted by Crippen LogP contribution is -2.27. The lowest BCUT2D eigenvalue weighted by molar-refractivity contribution is -0.173. The minimum absolute atomic E-state index is 0.0877. The number of anilines is 1. The van der Waals surface area contributed by atoms with Gasteiger partial charge in [0.05, 0.1) is 5.69 Å². The van der Waals surface area contributed by atoms with Crippen LogP contribution in [0.1, 0.15) is 17.5 Å². The molecule has 7 N–H and O–H groups in total. The van der Waals surface area contributed by atoms with Crippen molar-refractivity contribution in [3.63, 3.8) is 0 Å². The minimum Gasteiger partial charge on any atom is -0.508 e. The number of rotatable bonds is 6. The Morgan fingerprint density at radius 3 is 2.12 bits per heavy atom. The maximum absolute atomic E-state index is 11.1. The maximum atomic E-state index is 11.1. The fourth-order valence-electron chi connectivity index (χ4n) is 2.25. The molecule has 0 aliphatic heterocycles. The van der Waals surface area contributed by atoms with Crippen LogP contribution in [0.4, 0.5) is 5.69 Å². The van der Waals surface area contributed by atoms with E-state index in [4.69, 9.17) is 9.79 Å². The second kappa shape index (κ2) is 6.80. The van der Waals surface area contributed by atoms with E-state index >= 15 is 0 Å². The van der Waals surface area contributed by atoms with Gasteiger partial charge < -0.3 is 30.2 Å². The molecule has 0 saturated carbocycles. The molecule has 0 aliphatic carbocycles. The molecule has 24 heavy (non-hydrogen) atoms. The summed E-state index contributed by atoms with van der Waals surface area (Å²) in [5, 5.41) is 41.1. The quantitative estimate of drug-likeness (QED) is 0.303. The number of nitrogens with one attached hydrogen (secondary N) is 1. The molecule has 9 heteroatoms. The molecule has 0 aliphatic rings. The molecule has 130 valence electrons. The van der Waals surface area contributed by atoms with Crippen molar-refractivity contribution < 1.29 is 34.8 Å². The van der Waals surface area contributed by atoms with Gasteiger partial charge in [0, 0.05) is 18.1 Å². The standard InChI is InChI=1S/C15H18NO7P/c17-11-3-1-10(2-4-11)7-8-15(19,20)13-6-5-12(18)9-14(13)16-24(21,22)23/h1-6,9,17-20H,7-8H2,(H3,16,21,22,23). The number of hydrogen-bond acceptors (Lipinski definition) is 5. The third-order valence-corrected chi connectivity index (χ3v) is 3.93. The zero-order valence-corrected chi connectivity index (χ0v) is 13.4. The van der Waals surface area contributed by atoms with E-state index < -0.39 is 13.5 Å². The maximum Gasteiger partial charge on any atom is 0.427 e. The summed E-state index contributed by atoms with van der Waals surface area (Å²) in [6.07, 6.45) is 0.0713. The zero-order valence-electron chi connectivity index (χ0n) is 12.5. The lowest BCUT2D eigenvalue weighted by atomic mass is 9.96. The molecule has 0 fully saturated rings. The van der Waals surface area contributed by atoms with Gasteiger partial charge >= 0.3 is 7.75 Å². The predicted molar refractivity (Wildman–Crippen MR) is 86.3 cm³/mol. The summed E-state index contributed by atoms with van der Waals surface area (Å²) in [6, 6.07) is 9.52. The Hall–Kier alpha value is -2.09. The highest BCUT2D eigenvalue weighted by molar-refractivity contribution is 7.53. The first-order chi connectivity index (χ1) is 11.1. The molecule has 0 bridgehead atoms. The van der Waals surface area contributed by atoms with E-state index in [1.165, 1.54) is 24.3 Å². The summed E-state index contributed by atoms with van der Waals surface area (Å²) in [6.45, 7) is 0. The average molecular weight is 355 g/mol. The first-order valence-corrected chi connectivity index (χ1v) is 8.58. The highest BCUT2D eigenvalue weighted by Crippen LogP contribution is 2.41. The normalized spacial score (nSPS) is 12.2. The zero-order chi connectivity index (χ0) is 18.0. The van der Waals surface area contributed by atoms with Crippen LogP contribution >= 0.6 is 7.75 Å². The summed E-state index contributed by atoms with van der Waals surface area (Å²) in [5.74, 6) is -2.59. The number of phenolic OH excluding ortho intramolecular Hbond substituents is 2. The van der Waals surface area contributed by atoms with Crippen molar-refractivity contribution in [2.75, 3.05) is 5.09 Å². The molecule has 2 aromatic carbocycles. The molecule has 0 saturated heterocycles. The van der Waals surface area contributed by atoms with Crippen LogP contribution in [-0.4, -0.2) is 30.2 Å². The Morgan fingerprint density at radius 2 is 1.54 bits per heavy atom. The van der Waals surface area contributed by atoms with Crippen molar-refractivity contribution >= 4 is 13.4 Å². The molecule has 0 unspecified atom stereocenters. The summed E-state index contributed by atoms with van der Waals surface area (Å²) in [5.41, 5.74) is 0.282. The molecule has 0 heterocycles. The highest BCUT2D eigenvalue weighted by atomic mass is 31.2. The highest BCUT2D eigenvalue weighted by Gasteiger charge is 2.30. The largest absolute Gasteiger partial charge is 0.508 e. The van der Waals surface area contributed by atoms with Gasteiger partial charge in [0.1, 0.15) is 11.5 Å². The Kier molecular flexibility index (Phi) is 5.17. The van der Waals surface area contributed by atoms with Gasteiger partial charge in [-0.05, 0) is 36.2 Å². The summed E-state index contributed by atoms with van der Waals surface area (Å²) >= 11 is 0. The van der Waals surface area contributed by atoms with Crippen LogP contribution in [0.15, 0.2) is 42.5 Å². The van der Waals surface area contributed by atoms with E-state index in [9.17, 15) is 25.0 Å². The SMILES string of the molecule is O=P(O)(O)Nc1cc(O)ccc1C(O)(O)CCc1ccc(O)cc1. The molecule has 0 spiro atoms. The fraction of sp³-hybridized carbons (Fsp3) is 0.200. The molecule has 0 atom stereocenters. The Balaban J connectivity index is 2.24. The summed E-state index contributed by atoms with van der Waals surface area (Å²) < 4.78 is 11.1. The molecular formula is C15H18NO7P. The van der Waals surface area contributed by atoms with E-state index in [-0.39, 0.29) is 35.6 Å². The van der Waals surface area contributed by atoms with Gasteiger partial charge in [-0.25, -0.2) is 4.57 Å². The van der Waals surface area contributed by atoms with Gasteiger partial charge in [-0.3, -0.25) is 5.09 Å². The molecule has 0 amide bonds. The van der Waals surface area contributed by atoms with Gasteiger partial charge in [-0.1, -0.05) is 12.1 Å².